The topological polar surface area (TPSA) is 79.5 Å². The van der Waals surface area contributed by atoms with E-state index in [2.05, 4.69) is 16.0 Å². The van der Waals surface area contributed by atoms with Gasteiger partial charge in [-0.25, -0.2) is 4.79 Å². The van der Waals surface area contributed by atoms with E-state index < -0.39 is 5.41 Å². The maximum atomic E-state index is 12.4. The van der Waals surface area contributed by atoms with E-state index in [1.165, 1.54) is 0 Å². The number of fused-ring (bicyclic) bond motifs is 2. The minimum Gasteiger partial charge on any atom is -0.490 e. The molecule has 1 heterocycles. The van der Waals surface area contributed by atoms with E-state index in [4.69, 9.17) is 4.74 Å². The first-order chi connectivity index (χ1) is 13.9. The molecule has 0 bridgehead atoms. The van der Waals surface area contributed by atoms with Gasteiger partial charge >= 0.3 is 6.03 Å². The van der Waals surface area contributed by atoms with E-state index in [-0.39, 0.29) is 11.9 Å². The molecule has 0 saturated heterocycles. The molecule has 0 aromatic heterocycles. The molecule has 0 atom stereocenters. The highest BCUT2D eigenvalue weighted by atomic mass is 16.5. The average molecular weight is 389 g/mol. The van der Waals surface area contributed by atoms with Crippen molar-refractivity contribution in [2.45, 2.75) is 20.4 Å². The normalized spacial score (nSPS) is 14.9. The molecule has 0 fully saturated rings. The van der Waals surface area contributed by atoms with Gasteiger partial charge in [0.25, 0.3) is 0 Å². The summed E-state index contributed by atoms with van der Waals surface area (Å²) >= 11 is 0. The van der Waals surface area contributed by atoms with E-state index in [1.807, 2.05) is 56.3 Å². The summed E-state index contributed by atoms with van der Waals surface area (Å²) in [6, 6.07) is 19.0. The molecule has 3 amide bonds. The quantitative estimate of drug-likeness (QED) is 0.616. The van der Waals surface area contributed by atoms with Crippen LogP contribution in [0.3, 0.4) is 0 Å². The lowest BCUT2D eigenvalue weighted by Crippen LogP contribution is -2.33. The van der Waals surface area contributed by atoms with Gasteiger partial charge in [-0.2, -0.15) is 0 Å². The summed E-state index contributed by atoms with van der Waals surface area (Å²) in [5.41, 5.74) is 1.54. The minimum atomic E-state index is -0.623. The Labute approximate surface area is 169 Å². The van der Waals surface area contributed by atoms with Gasteiger partial charge in [-0.1, -0.05) is 42.5 Å². The Morgan fingerprint density at radius 1 is 1.10 bits per heavy atom. The van der Waals surface area contributed by atoms with Crippen molar-refractivity contribution in [3.05, 3.63) is 66.2 Å². The molecule has 148 valence electrons. The standard InChI is InChI=1S/C23H23N3O3/c1-23(2)14-29-20-11-10-17(12-19(20)26-21(23)27)25-22(28)24-13-16-8-5-7-15-6-3-4-9-18(15)16/h3-12H,13-14H2,1-2H3,(H,26,27)(H2,24,25,28). The second kappa shape index (κ2) is 7.47. The van der Waals surface area contributed by atoms with E-state index in [1.54, 1.807) is 18.2 Å². The third kappa shape index (κ3) is 4.01. The van der Waals surface area contributed by atoms with Crippen LogP contribution in [0.1, 0.15) is 19.4 Å². The first-order valence-electron chi connectivity index (χ1n) is 9.52. The van der Waals surface area contributed by atoms with E-state index >= 15 is 0 Å². The van der Waals surface area contributed by atoms with Crippen LogP contribution in [0.5, 0.6) is 5.75 Å². The number of amides is 3. The zero-order valence-corrected chi connectivity index (χ0v) is 16.4. The van der Waals surface area contributed by atoms with Gasteiger partial charge in [0, 0.05) is 12.2 Å². The molecule has 3 aromatic rings. The summed E-state index contributed by atoms with van der Waals surface area (Å²) in [5, 5.41) is 10.8. The molecule has 6 nitrogen and oxygen atoms in total. The third-order valence-corrected chi connectivity index (χ3v) is 5.01. The molecule has 0 aliphatic carbocycles. The summed E-state index contributed by atoms with van der Waals surface area (Å²) in [4.78, 5) is 24.7. The van der Waals surface area contributed by atoms with E-state index in [0.717, 1.165) is 16.3 Å². The summed E-state index contributed by atoms with van der Waals surface area (Å²) in [6.45, 7) is 4.36. The highest BCUT2D eigenvalue weighted by molar-refractivity contribution is 5.98. The average Bonchev–Trinajstić information content (AvgIpc) is 2.82. The Kier molecular flexibility index (Phi) is 4.84. The van der Waals surface area contributed by atoms with Crippen LogP contribution in [0.15, 0.2) is 60.7 Å². The second-order valence-corrected chi connectivity index (χ2v) is 7.78. The fourth-order valence-electron chi connectivity index (χ4n) is 3.24. The van der Waals surface area contributed by atoms with E-state index in [9.17, 15) is 9.59 Å². The van der Waals surface area contributed by atoms with Crippen molar-refractivity contribution >= 4 is 34.1 Å². The molecule has 1 aliphatic rings. The van der Waals surface area contributed by atoms with Crippen LogP contribution in [0, 0.1) is 5.41 Å². The SMILES string of the molecule is CC1(C)COc2ccc(NC(=O)NCc3cccc4ccccc34)cc2NC1=O. The third-order valence-electron chi connectivity index (χ3n) is 5.01. The molecule has 0 radical (unpaired) electrons. The highest BCUT2D eigenvalue weighted by Gasteiger charge is 2.32. The van der Waals surface area contributed by atoms with Gasteiger partial charge in [0.05, 0.1) is 11.1 Å². The van der Waals surface area contributed by atoms with Crippen LogP contribution in [0.4, 0.5) is 16.2 Å². The minimum absolute atomic E-state index is 0.117. The number of anilines is 2. The lowest BCUT2D eigenvalue weighted by molar-refractivity contribution is -0.124. The predicted octanol–water partition coefficient (Wildman–Crippen LogP) is 4.52. The van der Waals surface area contributed by atoms with E-state index in [0.29, 0.717) is 30.3 Å². The summed E-state index contributed by atoms with van der Waals surface area (Å²) in [5.74, 6) is 0.472. The molecular weight excluding hydrogens is 366 g/mol. The molecule has 1 aliphatic heterocycles. The van der Waals surface area contributed by atoms with Crippen LogP contribution in [0.2, 0.25) is 0 Å². The number of hydrogen-bond acceptors (Lipinski definition) is 3. The number of carbonyl (C=O) groups excluding carboxylic acids is 2. The molecular formula is C23H23N3O3. The first-order valence-corrected chi connectivity index (χ1v) is 9.52. The number of rotatable bonds is 3. The maximum Gasteiger partial charge on any atom is 0.319 e. The smallest absolute Gasteiger partial charge is 0.319 e. The fourth-order valence-corrected chi connectivity index (χ4v) is 3.24. The fraction of sp³-hybridized carbons (Fsp3) is 0.217. The molecule has 4 rings (SSSR count). The highest BCUT2D eigenvalue weighted by Crippen LogP contribution is 2.34. The summed E-state index contributed by atoms with van der Waals surface area (Å²) in [6.07, 6.45) is 0. The number of benzene rings is 3. The van der Waals surface area contributed by atoms with Crippen molar-refractivity contribution in [2.24, 2.45) is 5.41 Å². The van der Waals surface area contributed by atoms with Gasteiger partial charge in [0.15, 0.2) is 0 Å². The molecule has 6 heteroatoms. The summed E-state index contributed by atoms with van der Waals surface area (Å²) < 4.78 is 5.73. The Morgan fingerprint density at radius 3 is 2.76 bits per heavy atom. The molecule has 3 aromatic carbocycles. The van der Waals surface area contributed by atoms with Gasteiger partial charge in [0.1, 0.15) is 12.4 Å². The van der Waals surface area contributed by atoms with Crippen molar-refractivity contribution in [3.63, 3.8) is 0 Å². The number of hydrogen-bond donors (Lipinski definition) is 3. The Balaban J connectivity index is 1.43. The van der Waals surface area contributed by atoms with Crippen LogP contribution in [-0.4, -0.2) is 18.5 Å². The molecule has 0 saturated carbocycles. The number of urea groups is 1. The second-order valence-electron chi connectivity index (χ2n) is 7.78. The van der Waals surface area contributed by atoms with Crippen LogP contribution in [-0.2, 0) is 11.3 Å². The van der Waals surface area contributed by atoms with Gasteiger partial charge in [0.2, 0.25) is 5.91 Å². The van der Waals surface area contributed by atoms with Crippen molar-refractivity contribution in [1.29, 1.82) is 0 Å². The van der Waals surface area contributed by atoms with Crippen molar-refractivity contribution in [1.82, 2.24) is 5.32 Å². The van der Waals surface area contributed by atoms with Crippen molar-refractivity contribution in [2.75, 3.05) is 17.2 Å². The number of carbonyl (C=O) groups is 2. The lowest BCUT2D eigenvalue weighted by atomic mass is 9.94. The van der Waals surface area contributed by atoms with Crippen LogP contribution >= 0.6 is 0 Å². The Morgan fingerprint density at radius 2 is 1.90 bits per heavy atom. The van der Waals surface area contributed by atoms with Crippen LogP contribution in [0.25, 0.3) is 10.8 Å². The largest absolute Gasteiger partial charge is 0.490 e. The van der Waals surface area contributed by atoms with Gasteiger partial charge in [-0.05, 0) is 48.4 Å². The zero-order valence-electron chi connectivity index (χ0n) is 16.4. The van der Waals surface area contributed by atoms with Crippen molar-refractivity contribution in [3.8, 4) is 5.75 Å². The van der Waals surface area contributed by atoms with Gasteiger partial charge in [-0.15, -0.1) is 0 Å². The Hall–Kier alpha value is -3.54. The first kappa shape index (κ1) is 18.8. The zero-order chi connectivity index (χ0) is 20.4. The van der Waals surface area contributed by atoms with Gasteiger partial charge < -0.3 is 20.7 Å². The number of ether oxygens (including phenoxy) is 1. The van der Waals surface area contributed by atoms with Crippen molar-refractivity contribution < 1.29 is 14.3 Å². The Bertz CT molecular complexity index is 1090. The molecule has 29 heavy (non-hydrogen) atoms. The molecule has 3 N–H and O–H groups in total. The lowest BCUT2D eigenvalue weighted by Gasteiger charge is -2.18. The number of nitrogens with one attached hydrogen (secondary N) is 3. The predicted molar refractivity (Wildman–Crippen MR) is 114 cm³/mol. The molecule has 0 unspecified atom stereocenters. The van der Waals surface area contributed by atoms with Crippen LogP contribution < -0.4 is 20.7 Å². The van der Waals surface area contributed by atoms with Gasteiger partial charge in [-0.3, -0.25) is 4.79 Å². The monoisotopic (exact) mass is 389 g/mol. The summed E-state index contributed by atoms with van der Waals surface area (Å²) in [7, 11) is 0. The maximum absolute atomic E-state index is 12.4. The molecule has 0 spiro atoms.